The number of pyridine rings is 1. The van der Waals surface area contributed by atoms with Crippen molar-refractivity contribution in [2.45, 2.75) is 36.6 Å². The average molecular weight is 730 g/mol. The molecule has 3 atom stereocenters. The van der Waals surface area contributed by atoms with Crippen molar-refractivity contribution in [3.8, 4) is 0 Å². The van der Waals surface area contributed by atoms with Crippen molar-refractivity contribution in [1.29, 1.82) is 0 Å². The summed E-state index contributed by atoms with van der Waals surface area (Å²) in [5.41, 5.74) is 23.1. The zero-order valence-corrected chi connectivity index (χ0v) is 31.7. The Hall–Kier alpha value is -6.77. The van der Waals surface area contributed by atoms with Gasteiger partial charge in [0.05, 0.1) is 5.92 Å². The van der Waals surface area contributed by atoms with E-state index in [1.807, 2.05) is 0 Å². The van der Waals surface area contributed by atoms with Crippen LogP contribution < -0.4 is 9.88 Å². The first-order chi connectivity index (χ1) is 28.3. The summed E-state index contributed by atoms with van der Waals surface area (Å²) in [6.45, 7) is 0.770. The van der Waals surface area contributed by atoms with Crippen molar-refractivity contribution >= 4 is 16.9 Å². The third-order valence-corrected chi connectivity index (χ3v) is 13.3. The Kier molecular flexibility index (Phi) is 7.19. The maximum Gasteiger partial charge on any atom is 0.193 e. The number of hydrogen-bond acceptors (Lipinski definition) is 1. The molecule has 0 amide bonds. The quantitative estimate of drug-likeness (QED) is 0.174. The van der Waals surface area contributed by atoms with Gasteiger partial charge in [0.25, 0.3) is 0 Å². The minimum Gasteiger partial charge on any atom is -0.355 e. The van der Waals surface area contributed by atoms with Crippen LogP contribution in [0.2, 0.25) is 0 Å². The van der Waals surface area contributed by atoms with Gasteiger partial charge < -0.3 is 5.32 Å². The summed E-state index contributed by atoms with van der Waals surface area (Å²) in [5, 5.41) is 4.00. The molecule has 0 radical (unpaired) electrons. The van der Waals surface area contributed by atoms with E-state index in [1.165, 1.54) is 83.7 Å². The number of hydrogen-bond donors (Lipinski definition) is 1. The third-order valence-electron chi connectivity index (χ3n) is 13.3. The smallest absolute Gasteiger partial charge is 0.193 e. The first kappa shape index (κ1) is 32.5. The number of benzene rings is 7. The molecular formula is C55H41N2+. The molecule has 2 heteroatoms. The Morgan fingerprint density at radius 1 is 0.509 bits per heavy atom. The van der Waals surface area contributed by atoms with Crippen LogP contribution in [-0.4, -0.2) is 0 Å². The van der Waals surface area contributed by atoms with Crippen molar-refractivity contribution in [3.05, 3.63) is 272 Å². The standard InChI is InChI=1S/C55H41N2/c1-5-17-36(18-6-1)50-41-26-14-13-21-38(41)33-44-42-29-31-48(56-40-24-11-4-12-25-40)53(44)54-47-34-55(47,39-22-9-3-10-23-39)46-30-28-43(50)45(52(46)54)35-57-32-16-15-27-49(57)51(42)37-19-7-2-8-20-37/h1-32,50-51,56H,33-35H2/q+1. The lowest BCUT2D eigenvalue weighted by Gasteiger charge is -2.32. The van der Waals surface area contributed by atoms with E-state index in [0.717, 1.165) is 25.1 Å². The summed E-state index contributed by atoms with van der Waals surface area (Å²) in [7, 11) is 0. The molecule has 1 fully saturated rings. The van der Waals surface area contributed by atoms with Gasteiger partial charge in [0.2, 0.25) is 0 Å². The summed E-state index contributed by atoms with van der Waals surface area (Å²) >= 11 is 0. The number of anilines is 2. The molecule has 2 heterocycles. The summed E-state index contributed by atoms with van der Waals surface area (Å²) in [5.74, 6) is 0.105. The monoisotopic (exact) mass is 729 g/mol. The second kappa shape index (κ2) is 12.6. The normalized spacial score (nSPS) is 19.4. The first-order valence-electron chi connectivity index (χ1n) is 20.4. The largest absolute Gasteiger partial charge is 0.355 e. The molecule has 8 aromatic rings. The van der Waals surface area contributed by atoms with Crippen LogP contribution >= 0.6 is 0 Å². The van der Waals surface area contributed by atoms with Gasteiger partial charge in [-0.1, -0.05) is 158 Å². The molecule has 7 aromatic carbocycles. The number of fused-ring (bicyclic) bond motifs is 4. The zero-order valence-electron chi connectivity index (χ0n) is 31.7. The fraction of sp³-hybridized carbons (Fsp3) is 0.109. The molecule has 3 unspecified atom stereocenters. The first-order valence-corrected chi connectivity index (χ1v) is 20.4. The Labute approximate surface area is 334 Å². The Bertz CT molecular complexity index is 2890. The lowest BCUT2D eigenvalue weighted by molar-refractivity contribution is -0.696. The molecule has 6 bridgehead atoms. The maximum absolute atomic E-state index is 4.00. The SMILES string of the molecule is c1ccc(Nc2ccc3c4c2C2=C5CC5(c5ccccc5)c5ccc(c(c52)C[n+]2ccccc2C3c2ccccc2)C(c2ccccc2)c2ccccc2C4)cc1. The summed E-state index contributed by atoms with van der Waals surface area (Å²) < 4.78 is 2.57. The molecule has 1 saturated carbocycles. The van der Waals surface area contributed by atoms with Gasteiger partial charge in [0.15, 0.2) is 18.4 Å². The third kappa shape index (κ3) is 4.87. The second-order valence-corrected chi connectivity index (χ2v) is 16.2. The van der Waals surface area contributed by atoms with Crippen molar-refractivity contribution in [2.24, 2.45) is 0 Å². The summed E-state index contributed by atoms with van der Waals surface area (Å²) in [6.07, 6.45) is 4.18. The van der Waals surface area contributed by atoms with Crippen LogP contribution in [0, 0.1) is 0 Å². The van der Waals surface area contributed by atoms with E-state index in [0.29, 0.717) is 0 Å². The number of allylic oxidation sites excluding steroid dienone is 1. The molecule has 4 aliphatic rings. The Morgan fingerprint density at radius 3 is 1.91 bits per heavy atom. The van der Waals surface area contributed by atoms with Crippen LogP contribution in [0.25, 0.3) is 5.57 Å². The molecule has 12 rings (SSSR count). The van der Waals surface area contributed by atoms with Crippen LogP contribution in [0.15, 0.2) is 200 Å². The molecule has 57 heavy (non-hydrogen) atoms. The highest BCUT2D eigenvalue weighted by atomic mass is 15.0. The highest BCUT2D eigenvalue weighted by molar-refractivity contribution is 6.02. The number of nitrogens with zero attached hydrogens (tertiary/aromatic N) is 1. The van der Waals surface area contributed by atoms with E-state index in [4.69, 9.17) is 0 Å². The highest BCUT2D eigenvalue weighted by Gasteiger charge is 2.60. The predicted molar refractivity (Wildman–Crippen MR) is 230 cm³/mol. The minimum atomic E-state index is -0.142. The van der Waals surface area contributed by atoms with E-state index in [2.05, 4.69) is 204 Å². The van der Waals surface area contributed by atoms with Gasteiger partial charge in [-0.3, -0.25) is 0 Å². The Balaban J connectivity index is 1.29. The van der Waals surface area contributed by atoms with E-state index in [9.17, 15) is 0 Å². The van der Waals surface area contributed by atoms with Crippen LogP contribution in [0.3, 0.4) is 0 Å². The van der Waals surface area contributed by atoms with Gasteiger partial charge in [0, 0.05) is 46.0 Å². The summed E-state index contributed by atoms with van der Waals surface area (Å²) in [4.78, 5) is 0. The number of rotatable bonds is 5. The zero-order chi connectivity index (χ0) is 37.5. The van der Waals surface area contributed by atoms with Gasteiger partial charge in [-0.25, -0.2) is 0 Å². The van der Waals surface area contributed by atoms with Gasteiger partial charge in [-0.2, -0.15) is 4.57 Å². The van der Waals surface area contributed by atoms with E-state index >= 15 is 0 Å². The van der Waals surface area contributed by atoms with Crippen LogP contribution in [0.5, 0.6) is 0 Å². The number of para-hydroxylation sites is 1. The highest BCUT2D eigenvalue weighted by Crippen LogP contribution is 2.70. The topological polar surface area (TPSA) is 15.9 Å². The van der Waals surface area contributed by atoms with Crippen LogP contribution in [-0.2, 0) is 18.4 Å². The molecular weight excluding hydrogens is 689 g/mol. The molecule has 0 saturated heterocycles. The molecule has 1 aromatic heterocycles. The lowest BCUT2D eigenvalue weighted by atomic mass is 9.72. The second-order valence-electron chi connectivity index (χ2n) is 16.2. The minimum absolute atomic E-state index is 0.0294. The molecule has 1 N–H and O–H groups in total. The van der Waals surface area contributed by atoms with E-state index in [-0.39, 0.29) is 17.3 Å². The molecule has 1 aliphatic heterocycles. The fourth-order valence-corrected chi connectivity index (χ4v) is 10.9. The average Bonchev–Trinajstić information content (AvgIpc) is 3.94. The number of nitrogens with one attached hydrogen (secondary N) is 1. The van der Waals surface area contributed by atoms with Gasteiger partial charge in [-0.15, -0.1) is 0 Å². The van der Waals surface area contributed by atoms with Crippen molar-refractivity contribution < 1.29 is 4.57 Å². The van der Waals surface area contributed by atoms with Crippen molar-refractivity contribution in [3.63, 3.8) is 0 Å². The van der Waals surface area contributed by atoms with Gasteiger partial charge >= 0.3 is 0 Å². The maximum atomic E-state index is 4.00. The molecule has 2 nitrogen and oxygen atoms in total. The van der Waals surface area contributed by atoms with Crippen LogP contribution in [0.1, 0.15) is 90.7 Å². The molecule has 270 valence electrons. The van der Waals surface area contributed by atoms with E-state index in [1.54, 1.807) is 5.57 Å². The fourth-order valence-electron chi connectivity index (χ4n) is 10.9. The van der Waals surface area contributed by atoms with E-state index < -0.39 is 0 Å². The Morgan fingerprint density at radius 2 is 1.14 bits per heavy atom. The van der Waals surface area contributed by atoms with Gasteiger partial charge in [-0.05, 0) is 97.8 Å². The number of aromatic nitrogens is 1. The van der Waals surface area contributed by atoms with Crippen molar-refractivity contribution in [2.75, 3.05) is 5.32 Å². The lowest BCUT2D eigenvalue weighted by Crippen LogP contribution is -2.42. The predicted octanol–water partition coefficient (Wildman–Crippen LogP) is 11.8. The molecule has 0 spiro atoms. The van der Waals surface area contributed by atoms with Crippen LogP contribution in [0.4, 0.5) is 11.4 Å². The summed E-state index contributed by atoms with van der Waals surface area (Å²) in [6, 6.07) is 70.5. The van der Waals surface area contributed by atoms with Crippen molar-refractivity contribution in [1.82, 2.24) is 0 Å². The molecule has 3 aliphatic carbocycles. The van der Waals surface area contributed by atoms with Gasteiger partial charge in [0.1, 0.15) is 0 Å².